The molecule has 128 valence electrons. The Hall–Kier alpha value is -2.69. The van der Waals surface area contributed by atoms with Crippen molar-refractivity contribution in [3.8, 4) is 17.2 Å². The molecule has 0 saturated carbocycles. The van der Waals surface area contributed by atoms with Crippen LogP contribution in [-0.2, 0) is 0 Å². The highest BCUT2D eigenvalue weighted by atomic mass is 16.5. The summed E-state index contributed by atoms with van der Waals surface area (Å²) in [7, 11) is 0. The van der Waals surface area contributed by atoms with Gasteiger partial charge in [-0.3, -0.25) is 4.79 Å². The van der Waals surface area contributed by atoms with Gasteiger partial charge in [-0.25, -0.2) is 0 Å². The number of phenols is 1. The molecule has 0 atom stereocenters. The number of aromatic hydroxyl groups is 1. The van der Waals surface area contributed by atoms with E-state index in [0.29, 0.717) is 36.0 Å². The first kappa shape index (κ1) is 17.7. The van der Waals surface area contributed by atoms with E-state index >= 15 is 0 Å². The number of nitrogens with one attached hydrogen (secondary N) is 1. The molecule has 0 heterocycles. The van der Waals surface area contributed by atoms with Crippen LogP contribution in [0.4, 0.5) is 5.69 Å². The van der Waals surface area contributed by atoms with E-state index in [1.54, 1.807) is 30.3 Å². The Morgan fingerprint density at radius 3 is 2.46 bits per heavy atom. The summed E-state index contributed by atoms with van der Waals surface area (Å²) >= 11 is 0. The molecule has 0 saturated heterocycles. The Kier molecular flexibility index (Phi) is 6.49. The number of carbonyl (C=O) groups excluding carboxylic acids is 1. The molecule has 5 nitrogen and oxygen atoms in total. The van der Waals surface area contributed by atoms with Crippen LogP contribution < -0.4 is 14.8 Å². The van der Waals surface area contributed by atoms with Gasteiger partial charge in [0.25, 0.3) is 5.91 Å². The fourth-order valence-electron chi connectivity index (χ4n) is 2.11. The summed E-state index contributed by atoms with van der Waals surface area (Å²) in [6.07, 6.45) is 2.02. The van der Waals surface area contributed by atoms with Crippen LogP contribution in [0.2, 0.25) is 0 Å². The van der Waals surface area contributed by atoms with Gasteiger partial charge in [-0.2, -0.15) is 0 Å². The number of benzene rings is 2. The zero-order chi connectivity index (χ0) is 17.4. The van der Waals surface area contributed by atoms with E-state index < -0.39 is 0 Å². The van der Waals surface area contributed by atoms with E-state index in [-0.39, 0.29) is 11.7 Å². The Bertz CT molecular complexity index is 668. The second kappa shape index (κ2) is 8.82. The second-order valence-corrected chi connectivity index (χ2v) is 5.30. The molecule has 0 unspecified atom stereocenters. The van der Waals surface area contributed by atoms with Gasteiger partial charge in [-0.15, -0.1) is 0 Å². The highest BCUT2D eigenvalue weighted by molar-refractivity contribution is 6.04. The van der Waals surface area contributed by atoms with E-state index in [9.17, 15) is 9.90 Å². The largest absolute Gasteiger partial charge is 0.508 e. The molecule has 2 N–H and O–H groups in total. The molecule has 2 aromatic rings. The molecule has 0 fully saturated rings. The monoisotopic (exact) mass is 329 g/mol. The van der Waals surface area contributed by atoms with E-state index in [1.807, 2.05) is 6.92 Å². The Morgan fingerprint density at radius 1 is 1.04 bits per heavy atom. The van der Waals surface area contributed by atoms with E-state index in [1.165, 1.54) is 12.1 Å². The average Bonchev–Trinajstić information content (AvgIpc) is 2.58. The molecule has 2 aromatic carbocycles. The third-order valence-corrected chi connectivity index (χ3v) is 3.39. The number of anilines is 1. The lowest BCUT2D eigenvalue weighted by atomic mass is 10.1. The van der Waals surface area contributed by atoms with Crippen molar-refractivity contribution >= 4 is 11.6 Å². The smallest absolute Gasteiger partial charge is 0.255 e. The van der Waals surface area contributed by atoms with Crippen molar-refractivity contribution in [2.24, 2.45) is 0 Å². The summed E-state index contributed by atoms with van der Waals surface area (Å²) in [5.41, 5.74) is 1.09. The quantitative estimate of drug-likeness (QED) is 0.562. The summed E-state index contributed by atoms with van der Waals surface area (Å²) in [6, 6.07) is 11.5. The van der Waals surface area contributed by atoms with E-state index in [2.05, 4.69) is 12.2 Å². The second-order valence-electron chi connectivity index (χ2n) is 5.30. The first-order valence-corrected chi connectivity index (χ1v) is 8.14. The predicted octanol–water partition coefficient (Wildman–Crippen LogP) is 4.22. The molecule has 5 heteroatoms. The van der Waals surface area contributed by atoms with Crippen molar-refractivity contribution in [3.05, 3.63) is 48.0 Å². The summed E-state index contributed by atoms with van der Waals surface area (Å²) < 4.78 is 11.3. The van der Waals surface area contributed by atoms with Gasteiger partial charge in [0, 0.05) is 11.3 Å². The number of unbranched alkanes of at least 4 members (excludes halogenated alkanes) is 1. The van der Waals surface area contributed by atoms with Gasteiger partial charge in [0.05, 0.1) is 13.2 Å². The van der Waals surface area contributed by atoms with Gasteiger partial charge in [0.2, 0.25) is 0 Å². The first-order valence-electron chi connectivity index (χ1n) is 8.14. The molecule has 0 aliphatic rings. The van der Waals surface area contributed by atoms with Gasteiger partial charge < -0.3 is 19.9 Å². The molecule has 0 aliphatic heterocycles. The van der Waals surface area contributed by atoms with Crippen molar-refractivity contribution in [1.29, 1.82) is 0 Å². The lowest BCUT2D eigenvalue weighted by Crippen LogP contribution is -2.12. The van der Waals surface area contributed by atoms with Gasteiger partial charge in [0.1, 0.15) is 5.75 Å². The number of carbonyl (C=O) groups is 1. The maximum atomic E-state index is 12.4. The van der Waals surface area contributed by atoms with Crippen LogP contribution in [0, 0.1) is 0 Å². The molecule has 0 aliphatic carbocycles. The van der Waals surface area contributed by atoms with Crippen LogP contribution >= 0.6 is 0 Å². The van der Waals surface area contributed by atoms with Gasteiger partial charge >= 0.3 is 0 Å². The summed E-state index contributed by atoms with van der Waals surface area (Å²) in [5, 5.41) is 12.1. The highest BCUT2D eigenvalue weighted by Crippen LogP contribution is 2.29. The minimum Gasteiger partial charge on any atom is -0.508 e. The van der Waals surface area contributed by atoms with Crippen molar-refractivity contribution in [2.45, 2.75) is 26.7 Å². The number of hydrogen-bond acceptors (Lipinski definition) is 4. The van der Waals surface area contributed by atoms with Gasteiger partial charge in [-0.1, -0.05) is 13.3 Å². The maximum absolute atomic E-state index is 12.4. The van der Waals surface area contributed by atoms with Crippen LogP contribution in [0.3, 0.4) is 0 Å². The van der Waals surface area contributed by atoms with Crippen LogP contribution in [0.15, 0.2) is 42.5 Å². The standard InChI is InChI=1S/C19H23NO4/c1-3-5-12-24-17-11-6-14(13-18(17)23-4-2)19(22)20-15-7-9-16(21)10-8-15/h6-11,13,21H,3-5,12H2,1-2H3,(H,20,22). The van der Waals surface area contributed by atoms with Crippen LogP contribution in [0.5, 0.6) is 17.2 Å². The van der Waals surface area contributed by atoms with Crippen LogP contribution in [0.25, 0.3) is 0 Å². The normalized spacial score (nSPS) is 10.2. The van der Waals surface area contributed by atoms with Gasteiger partial charge in [-0.05, 0) is 55.8 Å². The topological polar surface area (TPSA) is 67.8 Å². The Labute approximate surface area is 142 Å². The van der Waals surface area contributed by atoms with Crippen molar-refractivity contribution in [1.82, 2.24) is 0 Å². The summed E-state index contributed by atoms with van der Waals surface area (Å²) in [4.78, 5) is 12.4. The zero-order valence-electron chi connectivity index (χ0n) is 14.0. The fourth-order valence-corrected chi connectivity index (χ4v) is 2.11. The SMILES string of the molecule is CCCCOc1ccc(C(=O)Nc2ccc(O)cc2)cc1OCC. The lowest BCUT2D eigenvalue weighted by molar-refractivity contribution is 0.102. The number of rotatable bonds is 8. The van der Waals surface area contributed by atoms with E-state index in [0.717, 1.165) is 12.8 Å². The van der Waals surface area contributed by atoms with Crippen molar-refractivity contribution in [3.63, 3.8) is 0 Å². The third kappa shape index (κ3) is 4.91. The summed E-state index contributed by atoms with van der Waals surface area (Å²) in [5.74, 6) is 1.11. The van der Waals surface area contributed by atoms with Gasteiger partial charge in [0.15, 0.2) is 11.5 Å². The van der Waals surface area contributed by atoms with Crippen molar-refractivity contribution in [2.75, 3.05) is 18.5 Å². The molecule has 2 rings (SSSR count). The number of hydrogen-bond donors (Lipinski definition) is 2. The summed E-state index contributed by atoms with van der Waals surface area (Å²) in [6.45, 7) is 5.10. The Morgan fingerprint density at radius 2 is 1.79 bits per heavy atom. The molecule has 0 aromatic heterocycles. The molecule has 0 spiro atoms. The first-order chi connectivity index (χ1) is 11.6. The average molecular weight is 329 g/mol. The fraction of sp³-hybridized carbons (Fsp3) is 0.316. The zero-order valence-corrected chi connectivity index (χ0v) is 14.0. The highest BCUT2D eigenvalue weighted by Gasteiger charge is 2.12. The van der Waals surface area contributed by atoms with E-state index in [4.69, 9.17) is 9.47 Å². The molecular weight excluding hydrogens is 306 g/mol. The lowest BCUT2D eigenvalue weighted by Gasteiger charge is -2.13. The number of amides is 1. The van der Waals surface area contributed by atoms with Crippen LogP contribution in [-0.4, -0.2) is 24.2 Å². The molecule has 1 amide bonds. The number of ether oxygens (including phenoxy) is 2. The predicted molar refractivity (Wildman–Crippen MR) is 94.1 cm³/mol. The number of phenolic OH excluding ortho intramolecular Hbond substituents is 1. The maximum Gasteiger partial charge on any atom is 0.255 e. The molecule has 0 radical (unpaired) electrons. The minimum atomic E-state index is -0.248. The Balaban J connectivity index is 2.12. The molecule has 0 bridgehead atoms. The minimum absolute atomic E-state index is 0.153. The van der Waals surface area contributed by atoms with Crippen LogP contribution in [0.1, 0.15) is 37.0 Å². The molecule has 24 heavy (non-hydrogen) atoms. The molecular formula is C19H23NO4. The third-order valence-electron chi connectivity index (χ3n) is 3.39. The van der Waals surface area contributed by atoms with Crippen molar-refractivity contribution < 1.29 is 19.4 Å².